The Labute approximate surface area is 63.2 Å². The lowest BCUT2D eigenvalue weighted by Crippen LogP contribution is -2.13. The van der Waals surface area contributed by atoms with Gasteiger partial charge in [-0.1, -0.05) is 0 Å². The molecule has 1 atom stereocenters. The smallest absolute Gasteiger partial charge is 0.0115 e. The molecule has 0 amide bonds. The molecular weight excluding hydrogens is 122 g/mol. The molecule has 1 heterocycles. The summed E-state index contributed by atoms with van der Waals surface area (Å²) in [7, 11) is 0. The van der Waals surface area contributed by atoms with Crippen molar-refractivity contribution in [3.63, 3.8) is 0 Å². The van der Waals surface area contributed by atoms with E-state index in [-0.39, 0.29) is 0 Å². The second kappa shape index (κ2) is 4.35. The van der Waals surface area contributed by atoms with Crippen LogP contribution in [-0.4, -0.2) is 13.1 Å². The molecule has 0 saturated carbocycles. The van der Waals surface area contributed by atoms with E-state index in [9.17, 15) is 0 Å². The van der Waals surface area contributed by atoms with Crippen LogP contribution in [0.3, 0.4) is 0 Å². The van der Waals surface area contributed by atoms with Crippen LogP contribution in [0.15, 0.2) is 0 Å². The largest absolute Gasteiger partial charge is 0.317 e. The molecule has 56 valence electrons. The van der Waals surface area contributed by atoms with Gasteiger partial charge in [-0.05, 0) is 38.3 Å². The van der Waals surface area contributed by atoms with Crippen LogP contribution in [0, 0.1) is 18.3 Å². The van der Waals surface area contributed by atoms with Crippen LogP contribution in [0.25, 0.3) is 0 Å². The van der Waals surface area contributed by atoms with Crippen LogP contribution in [-0.2, 0) is 0 Å². The number of terminal acetylenes is 1. The van der Waals surface area contributed by atoms with Crippen molar-refractivity contribution >= 4 is 0 Å². The number of hydrogen-bond acceptors (Lipinski definition) is 1. The quantitative estimate of drug-likeness (QED) is 0.539. The van der Waals surface area contributed by atoms with E-state index in [1.165, 1.54) is 25.8 Å². The Balaban J connectivity index is 2.23. The predicted octanol–water partition coefficient (Wildman–Crippen LogP) is 1.40. The maximum atomic E-state index is 5.24. The first kappa shape index (κ1) is 7.63. The van der Waals surface area contributed by atoms with Crippen LogP contribution in [0.5, 0.6) is 0 Å². The summed E-state index contributed by atoms with van der Waals surface area (Å²) < 4.78 is 0. The van der Waals surface area contributed by atoms with Crippen molar-refractivity contribution in [3.8, 4) is 12.3 Å². The number of hydrogen-bond donors (Lipinski definition) is 1. The molecule has 0 bridgehead atoms. The first-order chi connectivity index (χ1) is 4.93. The Morgan fingerprint density at radius 1 is 1.40 bits per heavy atom. The van der Waals surface area contributed by atoms with Gasteiger partial charge in [-0.2, -0.15) is 0 Å². The first-order valence-corrected chi connectivity index (χ1v) is 4.07. The van der Waals surface area contributed by atoms with Crippen molar-refractivity contribution in [1.82, 2.24) is 5.32 Å². The molecule has 1 nitrogen and oxygen atoms in total. The minimum absolute atomic E-state index is 0.792. The summed E-state index contributed by atoms with van der Waals surface area (Å²) in [5.74, 6) is 3.53. The highest BCUT2D eigenvalue weighted by molar-refractivity contribution is 4.87. The third kappa shape index (κ3) is 2.41. The fourth-order valence-corrected chi connectivity index (χ4v) is 1.46. The van der Waals surface area contributed by atoms with Gasteiger partial charge >= 0.3 is 0 Å². The summed E-state index contributed by atoms with van der Waals surface area (Å²) in [6, 6.07) is 0. The predicted molar refractivity (Wildman–Crippen MR) is 43.7 cm³/mol. The van der Waals surface area contributed by atoms with E-state index in [0.717, 1.165) is 18.9 Å². The maximum Gasteiger partial charge on any atom is 0.0115 e. The molecule has 1 rings (SSSR count). The molecule has 0 radical (unpaired) electrons. The minimum Gasteiger partial charge on any atom is -0.317 e. The lowest BCUT2D eigenvalue weighted by Gasteiger charge is -2.07. The van der Waals surface area contributed by atoms with Gasteiger partial charge in [0.2, 0.25) is 0 Å². The Bertz CT molecular complexity index is 115. The molecule has 1 unspecified atom stereocenters. The molecule has 1 fully saturated rings. The average Bonchev–Trinajstić information content (AvgIpc) is 2.17. The Morgan fingerprint density at radius 2 is 2.30 bits per heavy atom. The topological polar surface area (TPSA) is 12.0 Å². The average molecular weight is 137 g/mol. The summed E-state index contributed by atoms with van der Waals surface area (Å²) in [5, 5.41) is 3.37. The zero-order chi connectivity index (χ0) is 7.23. The molecule has 1 aliphatic rings. The van der Waals surface area contributed by atoms with Crippen LogP contribution < -0.4 is 5.32 Å². The third-order valence-corrected chi connectivity index (χ3v) is 2.10. The van der Waals surface area contributed by atoms with E-state index in [2.05, 4.69) is 11.2 Å². The van der Waals surface area contributed by atoms with Gasteiger partial charge in [0.1, 0.15) is 0 Å². The van der Waals surface area contributed by atoms with Crippen molar-refractivity contribution in [2.24, 2.45) is 5.92 Å². The van der Waals surface area contributed by atoms with Crippen LogP contribution in [0.4, 0.5) is 0 Å². The molecule has 1 N–H and O–H groups in total. The van der Waals surface area contributed by atoms with Gasteiger partial charge in [0.25, 0.3) is 0 Å². The molecular formula is C9H15N. The van der Waals surface area contributed by atoms with Crippen LogP contribution >= 0.6 is 0 Å². The third-order valence-electron chi connectivity index (χ3n) is 2.10. The second-order valence-electron chi connectivity index (χ2n) is 2.96. The molecule has 0 aromatic rings. The summed E-state index contributed by atoms with van der Waals surface area (Å²) >= 11 is 0. The van der Waals surface area contributed by atoms with Crippen molar-refractivity contribution in [2.45, 2.75) is 25.7 Å². The number of rotatable bonds is 1. The van der Waals surface area contributed by atoms with Gasteiger partial charge in [0.05, 0.1) is 0 Å². The van der Waals surface area contributed by atoms with E-state index < -0.39 is 0 Å². The van der Waals surface area contributed by atoms with Gasteiger partial charge in [-0.25, -0.2) is 0 Å². The highest BCUT2D eigenvalue weighted by atomic mass is 14.8. The van der Waals surface area contributed by atoms with E-state index >= 15 is 0 Å². The highest BCUT2D eigenvalue weighted by Gasteiger charge is 2.09. The van der Waals surface area contributed by atoms with Crippen molar-refractivity contribution in [2.75, 3.05) is 13.1 Å². The summed E-state index contributed by atoms with van der Waals surface area (Å²) in [5.41, 5.74) is 0. The standard InChI is InChI=1S/C9H15N/c1-2-4-9-5-3-7-10-8-6-9/h1,9-10H,3-8H2. The lowest BCUT2D eigenvalue weighted by molar-refractivity contribution is 0.485. The lowest BCUT2D eigenvalue weighted by atomic mass is 9.98. The first-order valence-electron chi connectivity index (χ1n) is 4.07. The van der Waals surface area contributed by atoms with Crippen molar-refractivity contribution in [1.29, 1.82) is 0 Å². The highest BCUT2D eigenvalue weighted by Crippen LogP contribution is 2.15. The molecule has 0 aromatic carbocycles. The fraction of sp³-hybridized carbons (Fsp3) is 0.778. The molecule has 0 aromatic heterocycles. The fourth-order valence-electron chi connectivity index (χ4n) is 1.46. The zero-order valence-electron chi connectivity index (χ0n) is 6.40. The molecule has 1 aliphatic heterocycles. The monoisotopic (exact) mass is 137 g/mol. The normalized spacial score (nSPS) is 26.9. The molecule has 10 heavy (non-hydrogen) atoms. The minimum atomic E-state index is 0.792. The maximum absolute atomic E-state index is 5.24. The number of nitrogens with one attached hydrogen (secondary N) is 1. The van der Waals surface area contributed by atoms with Gasteiger partial charge in [-0.3, -0.25) is 0 Å². The zero-order valence-corrected chi connectivity index (χ0v) is 6.40. The van der Waals surface area contributed by atoms with Crippen molar-refractivity contribution < 1.29 is 0 Å². The summed E-state index contributed by atoms with van der Waals surface area (Å²) in [6.07, 6.45) is 10.1. The molecule has 0 spiro atoms. The van der Waals surface area contributed by atoms with Crippen LogP contribution in [0.1, 0.15) is 25.7 Å². The van der Waals surface area contributed by atoms with Gasteiger partial charge in [0, 0.05) is 6.42 Å². The Morgan fingerprint density at radius 3 is 3.10 bits per heavy atom. The van der Waals surface area contributed by atoms with E-state index in [4.69, 9.17) is 6.42 Å². The Kier molecular flexibility index (Phi) is 3.32. The van der Waals surface area contributed by atoms with E-state index in [1.54, 1.807) is 0 Å². The SMILES string of the molecule is C#CCC1CCCNCC1. The second-order valence-corrected chi connectivity index (χ2v) is 2.96. The van der Waals surface area contributed by atoms with E-state index in [0.29, 0.717) is 0 Å². The van der Waals surface area contributed by atoms with Crippen molar-refractivity contribution in [3.05, 3.63) is 0 Å². The molecule has 0 aliphatic carbocycles. The molecule has 1 heteroatoms. The summed E-state index contributed by atoms with van der Waals surface area (Å²) in [4.78, 5) is 0. The van der Waals surface area contributed by atoms with E-state index in [1.807, 2.05) is 0 Å². The van der Waals surface area contributed by atoms with Crippen LogP contribution in [0.2, 0.25) is 0 Å². The summed E-state index contributed by atoms with van der Waals surface area (Å²) in [6.45, 7) is 2.34. The van der Waals surface area contributed by atoms with Gasteiger partial charge in [-0.15, -0.1) is 12.3 Å². The molecule has 1 saturated heterocycles. The Hall–Kier alpha value is -0.480. The van der Waals surface area contributed by atoms with Gasteiger partial charge < -0.3 is 5.32 Å². The van der Waals surface area contributed by atoms with Gasteiger partial charge in [0.15, 0.2) is 0 Å².